The van der Waals surface area contributed by atoms with Crippen molar-refractivity contribution in [2.75, 3.05) is 18.1 Å². The van der Waals surface area contributed by atoms with Gasteiger partial charge in [-0.1, -0.05) is 103 Å². The van der Waals surface area contributed by atoms with Crippen LogP contribution in [-0.2, 0) is 14.6 Å². The Morgan fingerprint density at radius 1 is 0.750 bits per heavy atom. The molecule has 0 aliphatic heterocycles. The smallest absolute Gasteiger partial charge is 0.433 e. The Hall–Kier alpha value is -2.16. The number of non-ortho nitro benzene ring substituents is 1. The number of hydrogen-bond donors (Lipinski definition) is 0. The number of benzene rings is 1. The van der Waals surface area contributed by atoms with Crippen LogP contribution >= 0.6 is 0 Å². The molecular weight excluding hydrogens is 482 g/mol. The Labute approximate surface area is 217 Å². The third-order valence-corrected chi connectivity index (χ3v) is 7.87. The summed E-state index contributed by atoms with van der Waals surface area (Å²) in [7, 11) is -3.29. The van der Waals surface area contributed by atoms with E-state index in [9.17, 15) is 23.3 Å². The highest BCUT2D eigenvalue weighted by atomic mass is 32.2. The lowest BCUT2D eigenvalue weighted by Gasteiger charge is -2.07. The van der Waals surface area contributed by atoms with E-state index in [1.54, 1.807) is 0 Å². The van der Waals surface area contributed by atoms with E-state index in [-0.39, 0.29) is 29.5 Å². The van der Waals surface area contributed by atoms with Gasteiger partial charge in [-0.05, 0) is 18.6 Å². The van der Waals surface area contributed by atoms with E-state index in [4.69, 9.17) is 9.47 Å². The van der Waals surface area contributed by atoms with Crippen molar-refractivity contribution in [1.82, 2.24) is 0 Å². The van der Waals surface area contributed by atoms with E-state index in [0.717, 1.165) is 19.3 Å². The molecule has 0 saturated carbocycles. The van der Waals surface area contributed by atoms with Gasteiger partial charge in [0.2, 0.25) is 0 Å². The molecule has 206 valence electrons. The zero-order chi connectivity index (χ0) is 26.5. The SMILES string of the molecule is CCCCCCCCCCCCCCCCCCS(=O)(=O)CCOC(=O)Oc1ccc([N+](=O)[O-])cc1. The number of sulfone groups is 1. The van der Waals surface area contributed by atoms with Crippen LogP contribution in [0.15, 0.2) is 24.3 Å². The molecule has 0 aliphatic carbocycles. The lowest BCUT2D eigenvalue weighted by Crippen LogP contribution is -2.19. The molecule has 0 bridgehead atoms. The largest absolute Gasteiger partial charge is 0.513 e. The van der Waals surface area contributed by atoms with Crippen LogP contribution in [0.25, 0.3) is 0 Å². The summed E-state index contributed by atoms with van der Waals surface area (Å²) in [5.74, 6) is -0.0746. The Balaban J connectivity index is 1.95. The average molecular weight is 528 g/mol. The van der Waals surface area contributed by atoms with Crippen molar-refractivity contribution >= 4 is 21.7 Å². The average Bonchev–Trinajstić information content (AvgIpc) is 2.84. The van der Waals surface area contributed by atoms with Crippen LogP contribution in [0.2, 0.25) is 0 Å². The summed E-state index contributed by atoms with van der Waals surface area (Å²) in [5.41, 5.74) is -0.129. The minimum Gasteiger partial charge on any atom is -0.433 e. The molecule has 36 heavy (non-hydrogen) atoms. The highest BCUT2D eigenvalue weighted by Gasteiger charge is 2.14. The number of rotatable bonds is 22. The van der Waals surface area contributed by atoms with Crippen LogP contribution in [-0.4, -0.2) is 37.6 Å². The van der Waals surface area contributed by atoms with Crippen LogP contribution in [0.5, 0.6) is 5.75 Å². The van der Waals surface area contributed by atoms with Crippen molar-refractivity contribution in [3.63, 3.8) is 0 Å². The summed E-state index contributed by atoms with van der Waals surface area (Å²) < 4.78 is 33.9. The summed E-state index contributed by atoms with van der Waals surface area (Å²) in [5, 5.41) is 10.6. The molecular formula is C27H45NO7S. The van der Waals surface area contributed by atoms with Gasteiger partial charge in [-0.3, -0.25) is 10.1 Å². The Bertz CT molecular complexity index is 825. The van der Waals surface area contributed by atoms with Gasteiger partial charge in [0.25, 0.3) is 5.69 Å². The summed E-state index contributed by atoms with van der Waals surface area (Å²) in [6.07, 6.45) is 18.7. The second-order valence-corrected chi connectivity index (χ2v) is 11.7. The molecule has 0 aromatic heterocycles. The van der Waals surface area contributed by atoms with Crippen LogP contribution in [0.4, 0.5) is 10.5 Å². The quantitative estimate of drug-likeness (QED) is 0.0497. The maximum atomic E-state index is 12.1. The molecule has 1 aromatic rings. The van der Waals surface area contributed by atoms with Gasteiger partial charge in [-0.2, -0.15) is 0 Å². The van der Waals surface area contributed by atoms with E-state index in [1.165, 1.54) is 101 Å². The van der Waals surface area contributed by atoms with Crippen molar-refractivity contribution < 1.29 is 27.6 Å². The predicted octanol–water partition coefficient (Wildman–Crippen LogP) is 7.79. The van der Waals surface area contributed by atoms with Gasteiger partial charge in [0.05, 0.1) is 16.4 Å². The van der Waals surface area contributed by atoms with E-state index in [1.807, 2.05) is 0 Å². The molecule has 0 spiro atoms. The van der Waals surface area contributed by atoms with Crippen molar-refractivity contribution in [3.8, 4) is 5.75 Å². The Morgan fingerprint density at radius 3 is 1.64 bits per heavy atom. The molecule has 1 aromatic carbocycles. The molecule has 0 amide bonds. The minimum atomic E-state index is -3.29. The number of nitro groups is 1. The lowest BCUT2D eigenvalue weighted by molar-refractivity contribution is -0.384. The van der Waals surface area contributed by atoms with Gasteiger partial charge in [0.15, 0.2) is 9.84 Å². The van der Waals surface area contributed by atoms with Crippen molar-refractivity contribution in [1.29, 1.82) is 0 Å². The Morgan fingerprint density at radius 2 is 1.19 bits per heavy atom. The third-order valence-electron chi connectivity index (χ3n) is 6.17. The van der Waals surface area contributed by atoms with Crippen molar-refractivity contribution in [2.24, 2.45) is 0 Å². The van der Waals surface area contributed by atoms with E-state index >= 15 is 0 Å². The van der Waals surface area contributed by atoms with Crippen LogP contribution in [0, 0.1) is 10.1 Å². The molecule has 0 atom stereocenters. The van der Waals surface area contributed by atoms with E-state index in [0.29, 0.717) is 6.42 Å². The second kappa shape index (κ2) is 20.0. The first-order valence-electron chi connectivity index (χ1n) is 13.6. The number of hydrogen-bond acceptors (Lipinski definition) is 7. The van der Waals surface area contributed by atoms with Gasteiger partial charge in [0, 0.05) is 12.1 Å². The van der Waals surface area contributed by atoms with Gasteiger partial charge >= 0.3 is 6.16 Å². The van der Waals surface area contributed by atoms with Crippen molar-refractivity contribution in [2.45, 2.75) is 110 Å². The highest BCUT2D eigenvalue weighted by molar-refractivity contribution is 7.91. The molecule has 9 heteroatoms. The molecule has 1 rings (SSSR count). The molecule has 0 unspecified atom stereocenters. The summed E-state index contributed by atoms with van der Waals surface area (Å²) in [4.78, 5) is 21.7. The highest BCUT2D eigenvalue weighted by Crippen LogP contribution is 2.18. The number of nitrogens with zero attached hydrogens (tertiary/aromatic N) is 1. The maximum absolute atomic E-state index is 12.1. The first-order chi connectivity index (χ1) is 17.3. The maximum Gasteiger partial charge on any atom is 0.513 e. The summed E-state index contributed by atoms with van der Waals surface area (Å²) in [6.45, 7) is 1.97. The van der Waals surface area contributed by atoms with Gasteiger partial charge in [-0.15, -0.1) is 0 Å². The molecule has 0 radical (unpaired) electrons. The minimum absolute atomic E-state index is 0.0848. The van der Waals surface area contributed by atoms with Crippen LogP contribution in [0.1, 0.15) is 110 Å². The molecule has 0 N–H and O–H groups in total. The normalized spacial score (nSPS) is 11.4. The Kier molecular flexibility index (Phi) is 17.7. The number of carbonyl (C=O) groups excluding carboxylic acids is 1. The monoisotopic (exact) mass is 527 g/mol. The van der Waals surface area contributed by atoms with Crippen LogP contribution in [0.3, 0.4) is 0 Å². The molecule has 0 saturated heterocycles. The number of carbonyl (C=O) groups is 1. The first kappa shape index (κ1) is 31.9. The van der Waals surface area contributed by atoms with E-state index < -0.39 is 20.9 Å². The van der Waals surface area contributed by atoms with Gasteiger partial charge < -0.3 is 9.47 Å². The van der Waals surface area contributed by atoms with E-state index in [2.05, 4.69) is 6.92 Å². The number of nitro benzene ring substituents is 1. The second-order valence-electron chi connectivity index (χ2n) is 9.41. The lowest BCUT2D eigenvalue weighted by atomic mass is 10.0. The third kappa shape index (κ3) is 17.3. The van der Waals surface area contributed by atoms with Crippen molar-refractivity contribution in [3.05, 3.63) is 34.4 Å². The molecule has 8 nitrogen and oxygen atoms in total. The standard InChI is InChI=1S/C27H45NO7S/c1-2-3-4-5-6-7-8-9-10-11-12-13-14-15-16-17-23-36(32,33)24-22-34-27(29)35-26-20-18-25(19-21-26)28(30)31/h18-21H,2-17,22-24H2,1H3. The fourth-order valence-corrected chi connectivity index (χ4v) is 5.17. The summed E-state index contributed by atoms with van der Waals surface area (Å²) >= 11 is 0. The molecule has 0 heterocycles. The fraction of sp³-hybridized carbons (Fsp3) is 0.741. The molecule has 0 aliphatic rings. The zero-order valence-corrected chi connectivity index (χ0v) is 22.8. The number of ether oxygens (including phenoxy) is 2. The first-order valence-corrected chi connectivity index (χ1v) is 15.5. The molecule has 0 fully saturated rings. The number of unbranched alkanes of at least 4 members (excludes halogenated alkanes) is 15. The zero-order valence-electron chi connectivity index (χ0n) is 22.0. The fourth-order valence-electron chi connectivity index (χ4n) is 3.99. The van der Waals surface area contributed by atoms with Gasteiger partial charge in [-0.25, -0.2) is 13.2 Å². The topological polar surface area (TPSA) is 113 Å². The predicted molar refractivity (Wildman–Crippen MR) is 143 cm³/mol. The van der Waals surface area contributed by atoms with Gasteiger partial charge in [0.1, 0.15) is 12.4 Å². The summed E-state index contributed by atoms with van der Waals surface area (Å²) in [6, 6.07) is 4.94. The van der Waals surface area contributed by atoms with Crippen LogP contribution < -0.4 is 4.74 Å².